The molecular weight excluding hydrogens is 311 g/mol. The van der Waals surface area contributed by atoms with E-state index < -0.39 is 0 Å². The lowest BCUT2D eigenvalue weighted by atomic mass is 10.1. The number of halogens is 2. The molecule has 1 aromatic heterocycles. The molecule has 0 radical (unpaired) electrons. The molecule has 0 bridgehead atoms. The van der Waals surface area contributed by atoms with Crippen molar-refractivity contribution in [2.45, 2.75) is 6.42 Å². The third-order valence-electron chi connectivity index (χ3n) is 2.56. The summed E-state index contributed by atoms with van der Waals surface area (Å²) in [5.41, 5.74) is 1.35. The summed E-state index contributed by atoms with van der Waals surface area (Å²) in [5.74, 6) is -0.454. The molecule has 2 rings (SSSR count). The van der Waals surface area contributed by atoms with Crippen LogP contribution in [0, 0.1) is 5.82 Å². The van der Waals surface area contributed by atoms with Gasteiger partial charge in [-0.15, -0.1) is 0 Å². The molecule has 19 heavy (non-hydrogen) atoms. The molecule has 2 aromatic rings. The second-order valence-electron chi connectivity index (χ2n) is 4.03. The average Bonchev–Trinajstić information content (AvgIpc) is 2.38. The molecule has 0 saturated heterocycles. The van der Waals surface area contributed by atoms with Gasteiger partial charge in [-0.25, -0.2) is 4.39 Å². The molecule has 0 aliphatic rings. The Morgan fingerprint density at radius 1 is 1.32 bits per heavy atom. The predicted octanol–water partition coefficient (Wildman–Crippen LogP) is 2.96. The zero-order valence-corrected chi connectivity index (χ0v) is 11.7. The Morgan fingerprint density at radius 3 is 2.89 bits per heavy atom. The van der Waals surface area contributed by atoms with E-state index in [1.807, 2.05) is 6.07 Å². The first-order chi connectivity index (χ1) is 9.15. The highest BCUT2D eigenvalue weighted by Crippen LogP contribution is 2.09. The molecule has 98 valence electrons. The van der Waals surface area contributed by atoms with E-state index in [1.54, 1.807) is 18.3 Å². The Labute approximate surface area is 119 Å². The summed E-state index contributed by atoms with van der Waals surface area (Å²) in [6.45, 7) is 0.453. The fraction of sp³-hybridized carbons (Fsp3) is 0.143. The molecule has 0 spiro atoms. The number of nitrogens with one attached hydrogen (secondary N) is 1. The molecule has 0 atom stereocenters. The van der Waals surface area contributed by atoms with Gasteiger partial charge in [0.15, 0.2) is 0 Å². The summed E-state index contributed by atoms with van der Waals surface area (Å²) >= 11 is 3.26. The highest BCUT2D eigenvalue weighted by atomic mass is 79.9. The van der Waals surface area contributed by atoms with E-state index in [1.165, 1.54) is 18.3 Å². The van der Waals surface area contributed by atoms with Gasteiger partial charge in [0, 0.05) is 23.4 Å². The average molecular weight is 323 g/mol. The number of hydrogen-bond donors (Lipinski definition) is 1. The van der Waals surface area contributed by atoms with Crippen molar-refractivity contribution in [3.63, 3.8) is 0 Å². The van der Waals surface area contributed by atoms with Crippen molar-refractivity contribution in [3.05, 3.63) is 64.1 Å². The van der Waals surface area contributed by atoms with E-state index in [9.17, 15) is 9.18 Å². The molecule has 0 unspecified atom stereocenters. The van der Waals surface area contributed by atoms with E-state index >= 15 is 0 Å². The maximum atomic E-state index is 13.0. The summed E-state index contributed by atoms with van der Waals surface area (Å²) in [7, 11) is 0. The number of rotatable bonds is 4. The van der Waals surface area contributed by atoms with E-state index in [0.29, 0.717) is 18.5 Å². The second kappa shape index (κ2) is 6.43. The zero-order chi connectivity index (χ0) is 13.7. The molecule has 0 fully saturated rings. The Hall–Kier alpha value is -1.75. The van der Waals surface area contributed by atoms with Crippen molar-refractivity contribution in [3.8, 4) is 0 Å². The Bertz CT molecular complexity index is 589. The zero-order valence-electron chi connectivity index (χ0n) is 10.1. The van der Waals surface area contributed by atoms with E-state index in [2.05, 4.69) is 26.2 Å². The van der Waals surface area contributed by atoms with Crippen LogP contribution in [0.15, 0.2) is 47.2 Å². The Kier molecular flexibility index (Phi) is 4.63. The van der Waals surface area contributed by atoms with Gasteiger partial charge in [0.2, 0.25) is 0 Å². The fourth-order valence-corrected chi connectivity index (χ4v) is 2.02. The minimum Gasteiger partial charge on any atom is -0.352 e. The number of nitrogens with zero attached hydrogens (tertiary/aromatic N) is 1. The molecule has 3 nitrogen and oxygen atoms in total. The van der Waals surface area contributed by atoms with Crippen molar-refractivity contribution in [1.82, 2.24) is 10.3 Å². The molecule has 0 saturated carbocycles. The topological polar surface area (TPSA) is 42.0 Å². The first kappa shape index (κ1) is 13.7. The van der Waals surface area contributed by atoms with Crippen molar-refractivity contribution in [2.75, 3.05) is 6.54 Å². The number of carbonyl (C=O) groups excluding carboxylic acids is 1. The van der Waals surface area contributed by atoms with Crippen molar-refractivity contribution >= 4 is 21.8 Å². The molecule has 1 amide bonds. The number of benzene rings is 1. The van der Waals surface area contributed by atoms with Gasteiger partial charge in [-0.3, -0.25) is 9.78 Å². The second-order valence-corrected chi connectivity index (χ2v) is 4.94. The van der Waals surface area contributed by atoms with Gasteiger partial charge < -0.3 is 5.32 Å². The van der Waals surface area contributed by atoms with Gasteiger partial charge in [0.05, 0.1) is 5.56 Å². The van der Waals surface area contributed by atoms with Gasteiger partial charge in [0.1, 0.15) is 5.82 Å². The van der Waals surface area contributed by atoms with Crippen LogP contribution in [0.4, 0.5) is 4.39 Å². The number of amides is 1. The SMILES string of the molecule is O=C(NCCc1cccc(F)c1)c1cncc(Br)c1. The van der Waals surface area contributed by atoms with Crippen LogP contribution in [0.5, 0.6) is 0 Å². The third kappa shape index (κ3) is 4.13. The first-order valence-corrected chi connectivity index (χ1v) is 6.57. The van der Waals surface area contributed by atoms with Crippen LogP contribution in [-0.2, 0) is 6.42 Å². The lowest BCUT2D eigenvalue weighted by molar-refractivity contribution is 0.0953. The predicted molar refractivity (Wildman–Crippen MR) is 74.4 cm³/mol. The smallest absolute Gasteiger partial charge is 0.252 e. The van der Waals surface area contributed by atoms with Gasteiger partial charge in [-0.1, -0.05) is 12.1 Å². The standard InChI is InChI=1S/C14H12BrFN2O/c15-12-7-11(8-17-9-12)14(19)18-5-4-10-2-1-3-13(16)6-10/h1-3,6-9H,4-5H2,(H,18,19). The van der Waals surface area contributed by atoms with Gasteiger partial charge in [-0.05, 0) is 46.1 Å². The minimum absolute atomic E-state index is 0.190. The lowest BCUT2D eigenvalue weighted by Crippen LogP contribution is -2.25. The molecule has 1 heterocycles. The van der Waals surface area contributed by atoms with Crippen LogP contribution in [0.3, 0.4) is 0 Å². The Morgan fingerprint density at radius 2 is 2.16 bits per heavy atom. The van der Waals surface area contributed by atoms with E-state index in [-0.39, 0.29) is 11.7 Å². The normalized spacial score (nSPS) is 10.2. The van der Waals surface area contributed by atoms with Crippen LogP contribution < -0.4 is 5.32 Å². The van der Waals surface area contributed by atoms with E-state index in [4.69, 9.17) is 0 Å². The van der Waals surface area contributed by atoms with Gasteiger partial charge in [0.25, 0.3) is 5.91 Å². The summed E-state index contributed by atoms with van der Waals surface area (Å²) in [6, 6.07) is 8.05. The van der Waals surface area contributed by atoms with Crippen LogP contribution in [0.2, 0.25) is 0 Å². The quantitative estimate of drug-likeness (QED) is 0.940. The summed E-state index contributed by atoms with van der Waals surface area (Å²) in [5, 5.41) is 2.77. The fourth-order valence-electron chi connectivity index (χ4n) is 1.65. The first-order valence-electron chi connectivity index (χ1n) is 5.78. The largest absolute Gasteiger partial charge is 0.352 e. The van der Waals surface area contributed by atoms with Crippen molar-refractivity contribution in [2.24, 2.45) is 0 Å². The van der Waals surface area contributed by atoms with Crippen LogP contribution in [-0.4, -0.2) is 17.4 Å². The summed E-state index contributed by atoms with van der Waals surface area (Å²) < 4.78 is 13.7. The maximum absolute atomic E-state index is 13.0. The van der Waals surface area contributed by atoms with Crippen molar-refractivity contribution < 1.29 is 9.18 Å². The van der Waals surface area contributed by atoms with E-state index in [0.717, 1.165) is 10.0 Å². The highest BCUT2D eigenvalue weighted by Gasteiger charge is 2.05. The molecule has 5 heteroatoms. The lowest BCUT2D eigenvalue weighted by Gasteiger charge is -2.05. The number of pyridine rings is 1. The molecule has 1 N–H and O–H groups in total. The molecule has 1 aromatic carbocycles. The molecule has 0 aliphatic heterocycles. The highest BCUT2D eigenvalue weighted by molar-refractivity contribution is 9.10. The minimum atomic E-state index is -0.264. The van der Waals surface area contributed by atoms with Gasteiger partial charge >= 0.3 is 0 Å². The number of carbonyl (C=O) groups is 1. The summed E-state index contributed by atoms with van der Waals surface area (Å²) in [4.78, 5) is 15.7. The Balaban J connectivity index is 1.87. The van der Waals surface area contributed by atoms with Crippen LogP contribution >= 0.6 is 15.9 Å². The number of hydrogen-bond acceptors (Lipinski definition) is 2. The van der Waals surface area contributed by atoms with Crippen LogP contribution in [0.1, 0.15) is 15.9 Å². The molecule has 0 aliphatic carbocycles. The third-order valence-corrected chi connectivity index (χ3v) is 2.99. The van der Waals surface area contributed by atoms with Gasteiger partial charge in [-0.2, -0.15) is 0 Å². The summed E-state index contributed by atoms with van der Waals surface area (Å²) in [6.07, 6.45) is 3.71. The molecular formula is C14H12BrFN2O. The number of aromatic nitrogens is 1. The maximum Gasteiger partial charge on any atom is 0.252 e. The van der Waals surface area contributed by atoms with Crippen LogP contribution in [0.25, 0.3) is 0 Å². The monoisotopic (exact) mass is 322 g/mol. The van der Waals surface area contributed by atoms with Crippen molar-refractivity contribution in [1.29, 1.82) is 0 Å².